The highest BCUT2D eigenvalue weighted by atomic mass is 127. The van der Waals surface area contributed by atoms with Gasteiger partial charge < -0.3 is 10.1 Å². The molecule has 0 spiro atoms. The van der Waals surface area contributed by atoms with Crippen molar-refractivity contribution in [2.24, 2.45) is 0 Å². The highest BCUT2D eigenvalue weighted by molar-refractivity contribution is 14.1. The number of esters is 1. The van der Waals surface area contributed by atoms with Gasteiger partial charge in [-0.05, 0) is 67.9 Å². The van der Waals surface area contributed by atoms with Crippen molar-refractivity contribution >= 4 is 56.0 Å². The molecule has 0 saturated heterocycles. The summed E-state index contributed by atoms with van der Waals surface area (Å²) < 4.78 is 6.07. The molecule has 1 N–H and O–H groups in total. The lowest BCUT2D eigenvalue weighted by molar-refractivity contribution is -0.142. The van der Waals surface area contributed by atoms with Crippen molar-refractivity contribution in [2.45, 2.75) is 12.5 Å². The second-order valence-electron chi connectivity index (χ2n) is 7.07. The number of ether oxygens (including phenoxy) is 1. The average Bonchev–Trinajstić information content (AvgIpc) is 2.77. The largest absolute Gasteiger partial charge is 0.467 e. The highest BCUT2D eigenvalue weighted by Gasteiger charge is 2.24. The van der Waals surface area contributed by atoms with Crippen molar-refractivity contribution in [3.05, 3.63) is 93.6 Å². The zero-order chi connectivity index (χ0) is 21.1. The van der Waals surface area contributed by atoms with Crippen LogP contribution in [0.5, 0.6) is 0 Å². The number of amides is 1. The molecule has 0 radical (unpaired) electrons. The van der Waals surface area contributed by atoms with Crippen LogP contribution in [0.15, 0.2) is 78.9 Å². The van der Waals surface area contributed by atoms with Crippen LogP contribution in [0.25, 0.3) is 21.5 Å². The van der Waals surface area contributed by atoms with Gasteiger partial charge in [0.1, 0.15) is 6.04 Å². The molecule has 4 rings (SSSR count). The predicted octanol–water partition coefficient (Wildman–Crippen LogP) is 5.11. The minimum Gasteiger partial charge on any atom is -0.467 e. The number of hydrogen-bond acceptors (Lipinski definition) is 3. The summed E-state index contributed by atoms with van der Waals surface area (Å²) in [7, 11) is 1.34. The van der Waals surface area contributed by atoms with Gasteiger partial charge in [-0.2, -0.15) is 0 Å². The third-order valence-electron chi connectivity index (χ3n) is 5.14. The Labute approximate surface area is 188 Å². The Morgan fingerprint density at radius 3 is 2.03 bits per heavy atom. The predicted molar refractivity (Wildman–Crippen MR) is 128 cm³/mol. The molecule has 1 atom stereocenters. The van der Waals surface area contributed by atoms with E-state index in [-0.39, 0.29) is 5.91 Å². The molecule has 150 valence electrons. The van der Waals surface area contributed by atoms with Crippen LogP contribution in [0.3, 0.4) is 0 Å². The van der Waals surface area contributed by atoms with E-state index in [9.17, 15) is 9.59 Å². The second-order valence-corrected chi connectivity index (χ2v) is 8.32. The fourth-order valence-electron chi connectivity index (χ4n) is 3.68. The van der Waals surface area contributed by atoms with E-state index in [1.807, 2.05) is 72.8 Å². The lowest BCUT2D eigenvalue weighted by Gasteiger charge is -2.18. The summed E-state index contributed by atoms with van der Waals surface area (Å²) in [6.45, 7) is 0. The van der Waals surface area contributed by atoms with Crippen LogP contribution < -0.4 is 5.32 Å². The lowest BCUT2D eigenvalue weighted by atomic mass is 9.96. The number of hydrogen-bond donors (Lipinski definition) is 1. The van der Waals surface area contributed by atoms with Crippen LogP contribution >= 0.6 is 22.6 Å². The van der Waals surface area contributed by atoms with Gasteiger partial charge in [-0.15, -0.1) is 0 Å². The summed E-state index contributed by atoms with van der Waals surface area (Å²) >= 11 is 2.23. The highest BCUT2D eigenvalue weighted by Crippen LogP contribution is 2.28. The molecule has 0 saturated carbocycles. The number of halogens is 1. The monoisotopic (exact) mass is 509 g/mol. The van der Waals surface area contributed by atoms with Gasteiger partial charge in [0.25, 0.3) is 5.91 Å². The van der Waals surface area contributed by atoms with Gasteiger partial charge >= 0.3 is 5.97 Å². The number of carbonyl (C=O) groups excluding carboxylic acids is 2. The fraction of sp³-hybridized carbons (Fsp3) is 0.120. The third-order valence-corrected chi connectivity index (χ3v) is 5.86. The molecular weight excluding hydrogens is 489 g/mol. The summed E-state index contributed by atoms with van der Waals surface area (Å²) in [6, 6.07) is 24.7. The number of nitrogens with one attached hydrogen (secondary N) is 1. The van der Waals surface area contributed by atoms with E-state index in [0.717, 1.165) is 30.7 Å². The van der Waals surface area contributed by atoms with Crippen LogP contribution in [-0.4, -0.2) is 25.0 Å². The van der Waals surface area contributed by atoms with Gasteiger partial charge in [-0.1, -0.05) is 60.7 Å². The van der Waals surface area contributed by atoms with E-state index in [1.165, 1.54) is 7.11 Å². The Morgan fingerprint density at radius 2 is 1.47 bits per heavy atom. The van der Waals surface area contributed by atoms with Crippen molar-refractivity contribution in [2.75, 3.05) is 7.11 Å². The molecule has 1 amide bonds. The van der Waals surface area contributed by atoms with Gasteiger partial charge in [0, 0.05) is 9.99 Å². The van der Waals surface area contributed by atoms with Crippen molar-refractivity contribution in [1.29, 1.82) is 0 Å². The fourth-order valence-corrected chi connectivity index (χ4v) is 4.04. The van der Waals surface area contributed by atoms with Crippen molar-refractivity contribution in [3.8, 4) is 0 Å². The third kappa shape index (κ3) is 4.16. The number of benzene rings is 4. The number of carbonyl (C=O) groups is 2. The minimum atomic E-state index is -0.778. The number of rotatable bonds is 5. The van der Waals surface area contributed by atoms with E-state index in [0.29, 0.717) is 12.0 Å². The number of fused-ring (bicyclic) bond motifs is 2. The Kier molecular flexibility index (Phi) is 5.99. The average molecular weight is 509 g/mol. The van der Waals surface area contributed by atoms with Crippen molar-refractivity contribution in [3.63, 3.8) is 0 Å². The van der Waals surface area contributed by atoms with Gasteiger partial charge in [0.15, 0.2) is 0 Å². The van der Waals surface area contributed by atoms with Crippen molar-refractivity contribution in [1.82, 2.24) is 5.32 Å². The molecule has 0 bridgehead atoms. The van der Waals surface area contributed by atoms with E-state index in [4.69, 9.17) is 4.74 Å². The summed E-state index contributed by atoms with van der Waals surface area (Å²) in [6.07, 6.45) is 0.359. The molecule has 4 aromatic carbocycles. The molecule has 0 unspecified atom stereocenters. The molecule has 30 heavy (non-hydrogen) atoms. The summed E-state index contributed by atoms with van der Waals surface area (Å²) in [5.74, 6) is -0.754. The maximum atomic E-state index is 13.4. The SMILES string of the molecule is COC(=O)[C@@H](Cc1ccc(I)cc1)NC(=O)c1c2ccccc2cc2ccccc12. The normalized spacial score (nSPS) is 11.9. The molecule has 0 aromatic heterocycles. The molecule has 0 fully saturated rings. The Hall–Kier alpha value is -2.93. The Morgan fingerprint density at radius 1 is 0.900 bits per heavy atom. The Bertz CT molecular complexity index is 1180. The Balaban J connectivity index is 1.74. The molecule has 5 heteroatoms. The molecule has 0 heterocycles. The van der Waals surface area contributed by atoms with E-state index in [2.05, 4.69) is 34.0 Å². The van der Waals surface area contributed by atoms with E-state index >= 15 is 0 Å². The zero-order valence-corrected chi connectivity index (χ0v) is 18.6. The lowest BCUT2D eigenvalue weighted by Crippen LogP contribution is -2.43. The first-order valence-corrected chi connectivity index (χ1v) is 10.7. The van der Waals surface area contributed by atoms with Crippen LogP contribution in [0.1, 0.15) is 15.9 Å². The van der Waals surface area contributed by atoms with Gasteiger partial charge in [-0.25, -0.2) is 4.79 Å². The summed E-state index contributed by atoms with van der Waals surface area (Å²) in [5.41, 5.74) is 1.52. The minimum absolute atomic E-state index is 0.288. The molecule has 4 nitrogen and oxygen atoms in total. The van der Waals surface area contributed by atoms with E-state index in [1.54, 1.807) is 0 Å². The van der Waals surface area contributed by atoms with Gasteiger partial charge in [-0.3, -0.25) is 4.79 Å². The van der Waals surface area contributed by atoms with Crippen molar-refractivity contribution < 1.29 is 14.3 Å². The molecule has 0 aliphatic carbocycles. The van der Waals surface area contributed by atoms with E-state index < -0.39 is 12.0 Å². The maximum Gasteiger partial charge on any atom is 0.328 e. The molecular formula is C25H20INO3. The first-order chi connectivity index (χ1) is 14.6. The number of methoxy groups -OCH3 is 1. The smallest absolute Gasteiger partial charge is 0.328 e. The molecule has 0 aliphatic heterocycles. The first kappa shape index (κ1) is 20.3. The van der Waals surface area contributed by atoms with Crippen LogP contribution in [-0.2, 0) is 16.0 Å². The quantitative estimate of drug-likeness (QED) is 0.231. The van der Waals surface area contributed by atoms with Crippen LogP contribution in [0, 0.1) is 3.57 Å². The zero-order valence-electron chi connectivity index (χ0n) is 16.4. The van der Waals surface area contributed by atoms with Gasteiger partial charge in [0.05, 0.1) is 12.7 Å². The van der Waals surface area contributed by atoms with Crippen LogP contribution in [0.2, 0.25) is 0 Å². The summed E-state index contributed by atoms with van der Waals surface area (Å²) in [4.78, 5) is 25.9. The first-order valence-electron chi connectivity index (χ1n) is 9.60. The molecule has 4 aromatic rings. The topological polar surface area (TPSA) is 55.4 Å². The second kappa shape index (κ2) is 8.83. The standard InChI is InChI=1S/C25H20INO3/c1-30-25(29)22(14-16-10-12-19(26)13-11-16)27-24(28)23-20-8-4-2-6-17(20)15-18-7-3-5-9-21(18)23/h2-13,15,22H,14H2,1H3,(H,27,28)/t22-/m1/s1. The van der Waals surface area contributed by atoms with Gasteiger partial charge in [0.2, 0.25) is 0 Å². The molecule has 0 aliphatic rings. The van der Waals surface area contributed by atoms with Crippen LogP contribution in [0.4, 0.5) is 0 Å². The summed E-state index contributed by atoms with van der Waals surface area (Å²) in [5, 5.41) is 6.58. The maximum absolute atomic E-state index is 13.4.